The van der Waals surface area contributed by atoms with Crippen molar-refractivity contribution in [2.24, 2.45) is 23.2 Å². The maximum absolute atomic E-state index is 6.03. The van der Waals surface area contributed by atoms with E-state index in [9.17, 15) is 0 Å². The highest BCUT2D eigenvalue weighted by molar-refractivity contribution is 6.16. The molecule has 0 aliphatic heterocycles. The summed E-state index contributed by atoms with van der Waals surface area (Å²) in [6.07, 6.45) is 11.1. The Morgan fingerprint density at radius 3 is 2.14 bits per heavy atom. The van der Waals surface area contributed by atoms with Gasteiger partial charge in [0.05, 0.1) is 5.88 Å². The van der Waals surface area contributed by atoms with Crippen LogP contribution in [-0.4, -0.2) is 14.8 Å². The average molecular weight is 308 g/mol. The quantitative estimate of drug-likeness (QED) is 0.764. The van der Waals surface area contributed by atoms with Crippen molar-refractivity contribution in [3.05, 3.63) is 11.6 Å². The van der Waals surface area contributed by atoms with E-state index in [2.05, 4.69) is 21.7 Å². The Morgan fingerprint density at radius 2 is 1.62 bits per heavy atom. The van der Waals surface area contributed by atoms with Crippen LogP contribution in [0.5, 0.6) is 0 Å². The summed E-state index contributed by atoms with van der Waals surface area (Å²) in [6.45, 7) is 3.23. The summed E-state index contributed by atoms with van der Waals surface area (Å²) in [4.78, 5) is 0. The number of alkyl halides is 1. The first kappa shape index (κ1) is 14.0. The zero-order chi connectivity index (χ0) is 14.4. The van der Waals surface area contributed by atoms with Gasteiger partial charge in [-0.1, -0.05) is 6.92 Å². The number of nitrogens with zero attached hydrogens (tertiary/aromatic N) is 3. The first-order chi connectivity index (χ1) is 10.2. The van der Waals surface area contributed by atoms with Crippen molar-refractivity contribution in [3.63, 3.8) is 0 Å². The molecule has 4 saturated carbocycles. The molecule has 0 radical (unpaired) electrons. The maximum Gasteiger partial charge on any atom is 0.147 e. The minimum absolute atomic E-state index is 0.480. The van der Waals surface area contributed by atoms with Crippen molar-refractivity contribution < 1.29 is 0 Å². The molecule has 0 spiro atoms. The molecule has 21 heavy (non-hydrogen) atoms. The van der Waals surface area contributed by atoms with Crippen LogP contribution in [0.2, 0.25) is 0 Å². The molecule has 0 saturated heterocycles. The summed E-state index contributed by atoms with van der Waals surface area (Å²) in [5.74, 6) is 5.66. The summed E-state index contributed by atoms with van der Waals surface area (Å²) < 4.78 is 2.30. The van der Waals surface area contributed by atoms with E-state index in [0.29, 0.717) is 11.3 Å². The van der Waals surface area contributed by atoms with Gasteiger partial charge >= 0.3 is 0 Å². The third-order valence-electron chi connectivity index (χ3n) is 6.17. The summed E-state index contributed by atoms with van der Waals surface area (Å²) in [7, 11) is 0. The lowest BCUT2D eigenvalue weighted by molar-refractivity contribution is -0.0536. The van der Waals surface area contributed by atoms with Gasteiger partial charge in [-0.2, -0.15) is 0 Å². The fraction of sp³-hybridized carbons (Fsp3) is 0.882. The predicted molar refractivity (Wildman–Crippen MR) is 84.2 cm³/mol. The van der Waals surface area contributed by atoms with Crippen molar-refractivity contribution in [2.45, 2.75) is 70.7 Å². The van der Waals surface area contributed by atoms with Crippen LogP contribution in [0.3, 0.4) is 0 Å². The smallest absolute Gasteiger partial charge is 0.147 e. The molecular weight excluding hydrogens is 282 g/mol. The number of halogens is 1. The van der Waals surface area contributed by atoms with Gasteiger partial charge in [-0.3, -0.25) is 0 Å². The van der Waals surface area contributed by atoms with Crippen LogP contribution < -0.4 is 0 Å². The van der Waals surface area contributed by atoms with Crippen LogP contribution in [0.4, 0.5) is 0 Å². The molecule has 0 amide bonds. The fourth-order valence-electron chi connectivity index (χ4n) is 5.93. The molecule has 1 heterocycles. The molecule has 0 aromatic carbocycles. The van der Waals surface area contributed by atoms with E-state index >= 15 is 0 Å². The molecule has 3 nitrogen and oxygen atoms in total. The molecule has 4 bridgehead atoms. The molecule has 1 aromatic rings. The number of rotatable bonds is 5. The van der Waals surface area contributed by atoms with Gasteiger partial charge in [0.2, 0.25) is 0 Å². The van der Waals surface area contributed by atoms with Gasteiger partial charge in [0, 0.05) is 13.0 Å². The third-order valence-corrected chi connectivity index (χ3v) is 6.41. The summed E-state index contributed by atoms with van der Waals surface area (Å²) >= 11 is 6.03. The number of hydrogen-bond donors (Lipinski definition) is 0. The Morgan fingerprint density at radius 1 is 1.05 bits per heavy atom. The van der Waals surface area contributed by atoms with Gasteiger partial charge in [0.25, 0.3) is 0 Å². The minimum Gasteiger partial charge on any atom is -0.314 e. The fourth-order valence-corrected chi connectivity index (χ4v) is 6.12. The second-order valence-corrected chi connectivity index (χ2v) is 8.18. The molecule has 5 rings (SSSR count). The largest absolute Gasteiger partial charge is 0.314 e. The van der Waals surface area contributed by atoms with Crippen molar-refractivity contribution in [1.29, 1.82) is 0 Å². The molecule has 0 N–H and O–H groups in total. The van der Waals surface area contributed by atoms with Crippen molar-refractivity contribution in [3.8, 4) is 0 Å². The Bertz CT molecular complexity index is 487. The maximum atomic E-state index is 6.03. The normalized spacial score (nSPS) is 37.3. The van der Waals surface area contributed by atoms with Crippen LogP contribution in [0, 0.1) is 23.2 Å². The highest BCUT2D eigenvalue weighted by Crippen LogP contribution is 2.60. The molecule has 0 unspecified atom stereocenters. The van der Waals surface area contributed by atoms with Gasteiger partial charge in [0.1, 0.15) is 11.6 Å². The molecule has 4 aliphatic carbocycles. The summed E-state index contributed by atoms with van der Waals surface area (Å²) in [5.41, 5.74) is 0.539. The standard InChI is InChI=1S/C17H26ClN3/c1-2-3-21-15(19-20-16(21)11-18)10-17-7-12-4-13(8-17)6-14(5-12)9-17/h12-14H,2-11H2,1H3. The third kappa shape index (κ3) is 2.42. The number of hydrogen-bond acceptors (Lipinski definition) is 2. The van der Waals surface area contributed by atoms with Crippen molar-refractivity contribution in [1.82, 2.24) is 14.8 Å². The van der Waals surface area contributed by atoms with Crippen LogP contribution in [-0.2, 0) is 18.8 Å². The van der Waals surface area contributed by atoms with E-state index in [1.54, 1.807) is 0 Å². The molecule has 4 heteroatoms. The van der Waals surface area contributed by atoms with Crippen LogP contribution in [0.25, 0.3) is 0 Å². The van der Waals surface area contributed by atoms with Gasteiger partial charge < -0.3 is 4.57 Å². The Balaban J connectivity index is 1.60. The molecule has 0 atom stereocenters. The Hall–Kier alpha value is -0.570. The highest BCUT2D eigenvalue weighted by atomic mass is 35.5. The molecular formula is C17H26ClN3. The van der Waals surface area contributed by atoms with Crippen molar-refractivity contribution in [2.75, 3.05) is 0 Å². The minimum atomic E-state index is 0.480. The summed E-state index contributed by atoms with van der Waals surface area (Å²) in [6, 6.07) is 0. The molecule has 1 aromatic heterocycles. The first-order valence-electron chi connectivity index (χ1n) is 8.68. The number of aromatic nitrogens is 3. The zero-order valence-electron chi connectivity index (χ0n) is 13.0. The lowest BCUT2D eigenvalue weighted by atomic mass is 9.49. The molecule has 4 fully saturated rings. The second-order valence-electron chi connectivity index (χ2n) is 7.91. The van der Waals surface area contributed by atoms with E-state index in [1.165, 1.54) is 44.3 Å². The Kier molecular flexibility index (Phi) is 3.52. The van der Waals surface area contributed by atoms with Crippen LogP contribution in [0.1, 0.15) is 63.5 Å². The Labute approximate surface area is 132 Å². The zero-order valence-corrected chi connectivity index (χ0v) is 13.8. The highest BCUT2D eigenvalue weighted by Gasteiger charge is 2.51. The SMILES string of the molecule is CCCn1c(CCl)nnc1CC12CC3CC(CC(C3)C1)C2. The predicted octanol–water partition coefficient (Wildman–Crippen LogP) is 4.19. The van der Waals surface area contributed by atoms with E-state index in [-0.39, 0.29) is 0 Å². The monoisotopic (exact) mass is 307 g/mol. The summed E-state index contributed by atoms with van der Waals surface area (Å²) in [5, 5.41) is 8.84. The van der Waals surface area contributed by atoms with Crippen LogP contribution in [0.15, 0.2) is 0 Å². The van der Waals surface area contributed by atoms with Gasteiger partial charge in [-0.25, -0.2) is 0 Å². The lowest BCUT2D eigenvalue weighted by Gasteiger charge is -2.56. The van der Waals surface area contributed by atoms with E-state index in [4.69, 9.17) is 11.6 Å². The van der Waals surface area contributed by atoms with Crippen LogP contribution >= 0.6 is 11.6 Å². The van der Waals surface area contributed by atoms with E-state index in [1.807, 2.05) is 0 Å². The van der Waals surface area contributed by atoms with Gasteiger partial charge in [-0.15, -0.1) is 21.8 Å². The topological polar surface area (TPSA) is 30.7 Å². The average Bonchev–Trinajstić information content (AvgIpc) is 2.79. The van der Waals surface area contributed by atoms with Gasteiger partial charge in [-0.05, 0) is 68.1 Å². The molecule has 116 valence electrons. The second kappa shape index (κ2) is 5.26. The van der Waals surface area contributed by atoms with Gasteiger partial charge in [0.15, 0.2) is 0 Å². The molecule has 4 aliphatic rings. The first-order valence-corrected chi connectivity index (χ1v) is 9.22. The van der Waals surface area contributed by atoms with Crippen molar-refractivity contribution >= 4 is 11.6 Å². The van der Waals surface area contributed by atoms with E-state index in [0.717, 1.165) is 43.0 Å². The lowest BCUT2D eigenvalue weighted by Crippen LogP contribution is -2.47. The van der Waals surface area contributed by atoms with E-state index < -0.39 is 0 Å².